The zero-order chi connectivity index (χ0) is 17.5. The lowest BCUT2D eigenvalue weighted by Crippen LogP contribution is -2.36. The molecule has 0 aliphatic rings. The number of hydrogen-bond donors (Lipinski definition) is 2. The van der Waals surface area contributed by atoms with Crippen molar-refractivity contribution in [3.05, 3.63) is 52.5 Å². The fourth-order valence-electron chi connectivity index (χ4n) is 2.18. The summed E-state index contributed by atoms with van der Waals surface area (Å²) in [5, 5.41) is 6.30. The Balaban J connectivity index is 1.90. The summed E-state index contributed by atoms with van der Waals surface area (Å²) in [7, 11) is 3.23. The Morgan fingerprint density at radius 2 is 2.04 bits per heavy atom. The molecule has 2 N–H and O–H groups in total. The molecule has 0 radical (unpaired) electrons. The Morgan fingerprint density at radius 3 is 2.67 bits per heavy atom. The summed E-state index contributed by atoms with van der Waals surface area (Å²) in [6, 6.07) is 4.95. The lowest BCUT2D eigenvalue weighted by atomic mass is 10.1. The molecule has 0 amide bonds. The van der Waals surface area contributed by atoms with Crippen molar-refractivity contribution in [2.24, 2.45) is 4.99 Å². The Labute approximate surface area is 141 Å². The van der Waals surface area contributed by atoms with E-state index in [0.29, 0.717) is 30.5 Å². The zero-order valence-corrected chi connectivity index (χ0v) is 14.4. The van der Waals surface area contributed by atoms with Gasteiger partial charge in [-0.3, -0.25) is 4.99 Å². The molecule has 1 aromatic carbocycles. The zero-order valence-electron chi connectivity index (χ0n) is 14.4. The summed E-state index contributed by atoms with van der Waals surface area (Å²) in [5.41, 5.74) is 2.35. The molecule has 0 atom stereocenters. The largest absolute Gasteiger partial charge is 0.444 e. The van der Waals surface area contributed by atoms with Crippen molar-refractivity contribution in [2.45, 2.75) is 33.5 Å². The highest BCUT2D eigenvalue weighted by atomic mass is 19.1. The van der Waals surface area contributed by atoms with Crippen LogP contribution in [0.4, 0.5) is 4.39 Å². The van der Waals surface area contributed by atoms with Gasteiger partial charge in [-0.15, -0.1) is 0 Å². The van der Waals surface area contributed by atoms with Gasteiger partial charge in [0.05, 0.1) is 18.8 Å². The number of nitrogens with one attached hydrogen (secondary N) is 2. The van der Waals surface area contributed by atoms with Gasteiger partial charge in [0.1, 0.15) is 11.6 Å². The first kappa shape index (κ1) is 17.9. The minimum Gasteiger partial charge on any atom is -0.444 e. The number of halogens is 1. The molecule has 0 saturated heterocycles. The molecule has 6 nitrogen and oxygen atoms in total. The maximum Gasteiger partial charge on any atom is 0.214 e. The van der Waals surface area contributed by atoms with Crippen molar-refractivity contribution in [3.63, 3.8) is 0 Å². The number of ether oxygens (including phenoxy) is 1. The third-order valence-electron chi connectivity index (χ3n) is 3.57. The highest BCUT2D eigenvalue weighted by Crippen LogP contribution is 2.12. The molecule has 1 heterocycles. The first-order valence-corrected chi connectivity index (χ1v) is 7.67. The molecule has 0 unspecified atom stereocenters. The maximum absolute atomic E-state index is 13.6. The van der Waals surface area contributed by atoms with Crippen LogP contribution in [-0.4, -0.2) is 25.1 Å². The third kappa shape index (κ3) is 4.79. The molecular weight excluding hydrogens is 311 g/mol. The summed E-state index contributed by atoms with van der Waals surface area (Å²) >= 11 is 0. The molecule has 24 heavy (non-hydrogen) atoms. The van der Waals surface area contributed by atoms with Crippen LogP contribution < -0.4 is 10.6 Å². The average molecular weight is 334 g/mol. The van der Waals surface area contributed by atoms with Crippen LogP contribution in [0.15, 0.2) is 27.6 Å². The van der Waals surface area contributed by atoms with Crippen LogP contribution >= 0.6 is 0 Å². The molecule has 0 fully saturated rings. The van der Waals surface area contributed by atoms with Crippen LogP contribution in [0.1, 0.15) is 28.5 Å². The van der Waals surface area contributed by atoms with E-state index < -0.39 is 0 Å². The number of aliphatic imine (C=N–C) groups is 1. The van der Waals surface area contributed by atoms with E-state index in [2.05, 4.69) is 20.6 Å². The molecule has 2 aromatic rings. The average Bonchev–Trinajstić information content (AvgIpc) is 2.89. The van der Waals surface area contributed by atoms with Crippen LogP contribution in [0, 0.1) is 19.7 Å². The lowest BCUT2D eigenvalue weighted by molar-refractivity contribution is 0.181. The summed E-state index contributed by atoms with van der Waals surface area (Å²) < 4.78 is 24.1. The highest BCUT2D eigenvalue weighted by Gasteiger charge is 2.07. The summed E-state index contributed by atoms with van der Waals surface area (Å²) in [5.74, 6) is 1.77. The second kappa shape index (κ2) is 8.44. The second-order valence-electron chi connectivity index (χ2n) is 5.39. The molecule has 130 valence electrons. The monoisotopic (exact) mass is 334 g/mol. The molecular formula is C17H23FN4O2. The number of hydrogen-bond acceptors (Lipinski definition) is 4. The minimum absolute atomic E-state index is 0.246. The van der Waals surface area contributed by atoms with Gasteiger partial charge in [-0.1, -0.05) is 6.07 Å². The summed E-state index contributed by atoms with van der Waals surface area (Å²) in [6.07, 6.45) is 0. The van der Waals surface area contributed by atoms with E-state index in [0.717, 1.165) is 17.0 Å². The van der Waals surface area contributed by atoms with Crippen molar-refractivity contribution < 1.29 is 13.5 Å². The number of benzene rings is 1. The van der Waals surface area contributed by atoms with Crippen molar-refractivity contribution in [1.82, 2.24) is 15.6 Å². The molecule has 7 heteroatoms. The quantitative estimate of drug-likeness (QED) is 0.627. The van der Waals surface area contributed by atoms with Gasteiger partial charge >= 0.3 is 0 Å². The third-order valence-corrected chi connectivity index (χ3v) is 3.57. The summed E-state index contributed by atoms with van der Waals surface area (Å²) in [4.78, 5) is 8.46. The van der Waals surface area contributed by atoms with Gasteiger partial charge in [0.15, 0.2) is 5.96 Å². The number of guanidine groups is 1. The smallest absolute Gasteiger partial charge is 0.214 e. The van der Waals surface area contributed by atoms with Crippen molar-refractivity contribution in [2.75, 3.05) is 14.2 Å². The fourth-order valence-corrected chi connectivity index (χ4v) is 2.18. The van der Waals surface area contributed by atoms with Gasteiger partial charge < -0.3 is 19.8 Å². The van der Waals surface area contributed by atoms with Crippen molar-refractivity contribution in [1.29, 1.82) is 0 Å². The van der Waals surface area contributed by atoms with Crippen molar-refractivity contribution >= 4 is 5.96 Å². The van der Waals surface area contributed by atoms with E-state index in [-0.39, 0.29) is 12.4 Å². The van der Waals surface area contributed by atoms with Crippen LogP contribution in [-0.2, 0) is 24.4 Å². The summed E-state index contributed by atoms with van der Waals surface area (Å²) in [6.45, 7) is 4.98. The SMILES string of the molecule is CN=C(NCc1ccc(F)c(COC)c1)NCc1nc(C)c(C)o1. The Morgan fingerprint density at radius 1 is 1.29 bits per heavy atom. The molecule has 0 aliphatic heterocycles. The van der Waals surface area contributed by atoms with Gasteiger partial charge in [0.2, 0.25) is 5.89 Å². The van der Waals surface area contributed by atoms with E-state index in [1.807, 2.05) is 13.8 Å². The lowest BCUT2D eigenvalue weighted by Gasteiger charge is -2.11. The maximum atomic E-state index is 13.6. The first-order valence-electron chi connectivity index (χ1n) is 7.67. The van der Waals surface area contributed by atoms with Crippen molar-refractivity contribution in [3.8, 4) is 0 Å². The normalized spacial score (nSPS) is 11.6. The van der Waals surface area contributed by atoms with Gasteiger partial charge in [-0.05, 0) is 31.5 Å². The molecule has 2 rings (SSSR count). The van der Waals surface area contributed by atoms with Crippen LogP contribution in [0.5, 0.6) is 0 Å². The van der Waals surface area contributed by atoms with Gasteiger partial charge in [0, 0.05) is 26.3 Å². The number of nitrogens with zero attached hydrogens (tertiary/aromatic N) is 2. The van der Waals surface area contributed by atoms with Crippen LogP contribution in [0.25, 0.3) is 0 Å². The second-order valence-corrected chi connectivity index (χ2v) is 5.39. The number of oxazole rings is 1. The predicted molar refractivity (Wildman–Crippen MR) is 90.1 cm³/mol. The van der Waals surface area contributed by atoms with E-state index in [1.165, 1.54) is 6.07 Å². The predicted octanol–water partition coefficient (Wildman–Crippen LogP) is 2.44. The number of rotatable bonds is 6. The topological polar surface area (TPSA) is 71.7 Å². The van der Waals surface area contributed by atoms with Crippen LogP contribution in [0.2, 0.25) is 0 Å². The Bertz CT molecular complexity index is 693. The molecule has 0 bridgehead atoms. The molecule has 0 spiro atoms. The number of methoxy groups -OCH3 is 1. The number of aromatic nitrogens is 1. The standard InChI is InChI=1S/C17H23FN4O2/c1-11-12(2)24-16(22-11)9-21-17(19-3)20-8-13-5-6-15(18)14(7-13)10-23-4/h5-7H,8-10H2,1-4H3,(H2,19,20,21). The molecule has 0 aliphatic carbocycles. The van der Waals surface area contributed by atoms with E-state index in [9.17, 15) is 4.39 Å². The molecule has 0 saturated carbocycles. The number of aryl methyl sites for hydroxylation is 2. The Kier molecular flexibility index (Phi) is 6.31. The highest BCUT2D eigenvalue weighted by molar-refractivity contribution is 5.79. The van der Waals surface area contributed by atoms with E-state index in [1.54, 1.807) is 26.3 Å². The fraction of sp³-hybridized carbons (Fsp3) is 0.412. The van der Waals surface area contributed by atoms with Gasteiger partial charge in [0.25, 0.3) is 0 Å². The van der Waals surface area contributed by atoms with Gasteiger partial charge in [-0.25, -0.2) is 9.37 Å². The van der Waals surface area contributed by atoms with E-state index >= 15 is 0 Å². The van der Waals surface area contributed by atoms with Gasteiger partial charge in [-0.2, -0.15) is 0 Å². The Hall–Kier alpha value is -2.41. The van der Waals surface area contributed by atoms with Crippen LogP contribution in [0.3, 0.4) is 0 Å². The molecule has 1 aromatic heterocycles. The first-order chi connectivity index (χ1) is 11.5. The van der Waals surface area contributed by atoms with E-state index in [4.69, 9.17) is 9.15 Å². The minimum atomic E-state index is -0.266.